The van der Waals surface area contributed by atoms with Crippen LogP contribution in [0.1, 0.15) is 48.2 Å². The van der Waals surface area contributed by atoms with Crippen LogP contribution >= 0.6 is 0 Å². The van der Waals surface area contributed by atoms with Gasteiger partial charge in [-0.05, 0) is 12.0 Å². The SMILES string of the molecule is CCCC[C@H](O)c1ccccc1C(=O)[O-].[K+]. The van der Waals surface area contributed by atoms with Crippen LogP contribution in [0.3, 0.4) is 0 Å². The molecule has 1 atom stereocenters. The standard InChI is InChI=1S/C12H16O3.K/c1-2-3-8-11(13)9-6-4-5-7-10(9)12(14)15;/h4-7,11,13H,2-3,8H2,1H3,(H,14,15);/q;+1/p-1/t11-;/m0./s1. The number of rotatable bonds is 5. The number of carbonyl (C=O) groups excluding carboxylic acids is 1. The van der Waals surface area contributed by atoms with Gasteiger partial charge in [-0.2, -0.15) is 0 Å². The van der Waals surface area contributed by atoms with Gasteiger partial charge in [0.2, 0.25) is 0 Å². The number of carboxylic acids is 1. The van der Waals surface area contributed by atoms with Crippen LogP contribution in [-0.2, 0) is 0 Å². The predicted molar refractivity (Wildman–Crippen MR) is 55.3 cm³/mol. The summed E-state index contributed by atoms with van der Waals surface area (Å²) in [5.74, 6) is -1.24. The van der Waals surface area contributed by atoms with Crippen LogP contribution in [-0.4, -0.2) is 11.1 Å². The third-order valence-corrected chi connectivity index (χ3v) is 2.37. The van der Waals surface area contributed by atoms with E-state index in [4.69, 9.17) is 0 Å². The van der Waals surface area contributed by atoms with Gasteiger partial charge >= 0.3 is 51.4 Å². The number of hydrogen-bond donors (Lipinski definition) is 1. The molecule has 0 spiro atoms. The number of hydrogen-bond acceptors (Lipinski definition) is 3. The summed E-state index contributed by atoms with van der Waals surface area (Å²) in [5.41, 5.74) is 0.534. The minimum atomic E-state index is -1.24. The molecule has 0 bridgehead atoms. The topological polar surface area (TPSA) is 60.4 Å². The van der Waals surface area contributed by atoms with Gasteiger partial charge in [0.25, 0.3) is 0 Å². The van der Waals surface area contributed by atoms with Gasteiger partial charge in [0, 0.05) is 5.56 Å². The fourth-order valence-corrected chi connectivity index (χ4v) is 1.53. The van der Waals surface area contributed by atoms with E-state index in [2.05, 4.69) is 0 Å². The molecule has 0 unspecified atom stereocenters. The van der Waals surface area contributed by atoms with Gasteiger partial charge in [-0.15, -0.1) is 0 Å². The summed E-state index contributed by atoms with van der Waals surface area (Å²) in [4.78, 5) is 10.8. The van der Waals surface area contributed by atoms with E-state index in [1.165, 1.54) is 6.07 Å². The second kappa shape index (κ2) is 8.39. The summed E-state index contributed by atoms with van der Waals surface area (Å²) in [7, 11) is 0. The zero-order valence-electron chi connectivity index (χ0n) is 9.77. The van der Waals surface area contributed by atoms with Gasteiger partial charge in [-0.1, -0.05) is 44.0 Å². The zero-order valence-corrected chi connectivity index (χ0v) is 12.9. The van der Waals surface area contributed by atoms with Crippen molar-refractivity contribution in [2.75, 3.05) is 0 Å². The van der Waals surface area contributed by atoms with Crippen LogP contribution in [0.2, 0.25) is 0 Å². The van der Waals surface area contributed by atoms with E-state index in [0.717, 1.165) is 12.8 Å². The number of unbranched alkanes of at least 4 members (excludes halogenated alkanes) is 1. The number of aliphatic hydroxyl groups excluding tert-OH is 1. The molecule has 16 heavy (non-hydrogen) atoms. The molecule has 3 nitrogen and oxygen atoms in total. The molecule has 82 valence electrons. The normalized spacial score (nSPS) is 11.6. The molecule has 0 radical (unpaired) electrons. The maximum absolute atomic E-state index is 10.8. The average Bonchev–Trinajstić information content (AvgIpc) is 2.25. The quantitative estimate of drug-likeness (QED) is 0.629. The first-order valence-corrected chi connectivity index (χ1v) is 5.15. The van der Waals surface area contributed by atoms with Crippen molar-refractivity contribution in [1.29, 1.82) is 0 Å². The summed E-state index contributed by atoms with van der Waals surface area (Å²) in [5, 5.41) is 20.6. The molecule has 0 saturated heterocycles. The molecule has 0 amide bonds. The van der Waals surface area contributed by atoms with Crippen molar-refractivity contribution < 1.29 is 66.4 Å². The summed E-state index contributed by atoms with van der Waals surface area (Å²) in [6.45, 7) is 2.03. The van der Waals surface area contributed by atoms with Crippen molar-refractivity contribution in [3.8, 4) is 0 Å². The van der Waals surface area contributed by atoms with E-state index in [1.54, 1.807) is 18.2 Å². The first kappa shape index (κ1) is 16.3. The number of carboxylic acid groups (broad SMARTS) is 1. The Morgan fingerprint density at radius 2 is 2.06 bits per heavy atom. The molecule has 0 fully saturated rings. The molecular weight excluding hydrogens is 231 g/mol. The van der Waals surface area contributed by atoms with Crippen molar-refractivity contribution in [1.82, 2.24) is 0 Å². The molecule has 0 aliphatic rings. The number of aromatic carboxylic acids is 1. The molecule has 1 aromatic rings. The van der Waals surface area contributed by atoms with E-state index in [1.807, 2.05) is 6.92 Å². The van der Waals surface area contributed by atoms with Crippen molar-refractivity contribution >= 4 is 5.97 Å². The number of carbonyl (C=O) groups is 1. The van der Waals surface area contributed by atoms with Gasteiger partial charge in [-0.3, -0.25) is 0 Å². The van der Waals surface area contributed by atoms with Gasteiger partial charge in [0.15, 0.2) is 0 Å². The maximum Gasteiger partial charge on any atom is 1.00 e. The summed E-state index contributed by atoms with van der Waals surface area (Å²) < 4.78 is 0. The Hall–Kier alpha value is 0.286. The first-order chi connectivity index (χ1) is 7.16. The van der Waals surface area contributed by atoms with Gasteiger partial charge < -0.3 is 15.0 Å². The molecule has 1 N–H and O–H groups in total. The van der Waals surface area contributed by atoms with Crippen molar-refractivity contribution in [3.05, 3.63) is 35.4 Å². The van der Waals surface area contributed by atoms with Gasteiger partial charge in [0.1, 0.15) is 0 Å². The Labute approximate surface area is 138 Å². The number of aliphatic hydroxyl groups is 1. The number of benzene rings is 1. The van der Waals surface area contributed by atoms with Crippen LogP contribution in [0, 0.1) is 0 Å². The van der Waals surface area contributed by atoms with Gasteiger partial charge in [0.05, 0.1) is 12.1 Å². The summed E-state index contributed by atoms with van der Waals surface area (Å²) in [6.07, 6.45) is 1.73. The molecule has 1 aromatic carbocycles. The predicted octanol–water partition coefficient (Wildman–Crippen LogP) is -1.72. The van der Waals surface area contributed by atoms with E-state index in [9.17, 15) is 15.0 Å². The molecule has 0 aliphatic heterocycles. The fraction of sp³-hybridized carbons (Fsp3) is 0.417. The molecule has 0 saturated carbocycles. The molecule has 0 heterocycles. The fourth-order valence-electron chi connectivity index (χ4n) is 1.53. The monoisotopic (exact) mass is 246 g/mol. The minimum Gasteiger partial charge on any atom is -0.545 e. The van der Waals surface area contributed by atoms with Crippen molar-refractivity contribution in [3.63, 3.8) is 0 Å². The largest absolute Gasteiger partial charge is 1.00 e. The molecular formula is C12H15KO3. The van der Waals surface area contributed by atoms with Crippen LogP contribution in [0.25, 0.3) is 0 Å². The Kier molecular flexibility index (Phi) is 8.54. The second-order valence-electron chi connectivity index (χ2n) is 3.53. The Balaban J connectivity index is 0.00000225. The van der Waals surface area contributed by atoms with Crippen LogP contribution in [0.4, 0.5) is 0 Å². The summed E-state index contributed by atoms with van der Waals surface area (Å²) in [6, 6.07) is 6.43. The Morgan fingerprint density at radius 1 is 1.44 bits per heavy atom. The molecule has 4 heteroatoms. The summed E-state index contributed by atoms with van der Waals surface area (Å²) >= 11 is 0. The first-order valence-electron chi connectivity index (χ1n) is 5.15. The van der Waals surface area contributed by atoms with Crippen LogP contribution in [0.5, 0.6) is 0 Å². The smallest absolute Gasteiger partial charge is 0.545 e. The third-order valence-electron chi connectivity index (χ3n) is 2.37. The van der Waals surface area contributed by atoms with E-state index in [-0.39, 0.29) is 56.9 Å². The minimum absolute atomic E-state index is 0. The van der Waals surface area contributed by atoms with Crippen molar-refractivity contribution in [2.24, 2.45) is 0 Å². The Morgan fingerprint density at radius 3 is 2.62 bits per heavy atom. The van der Waals surface area contributed by atoms with Gasteiger partial charge in [-0.25, -0.2) is 0 Å². The zero-order chi connectivity index (χ0) is 11.3. The van der Waals surface area contributed by atoms with E-state index >= 15 is 0 Å². The molecule has 1 rings (SSSR count). The van der Waals surface area contributed by atoms with Crippen molar-refractivity contribution in [2.45, 2.75) is 32.3 Å². The third kappa shape index (κ3) is 4.65. The van der Waals surface area contributed by atoms with Crippen LogP contribution in [0.15, 0.2) is 24.3 Å². The van der Waals surface area contributed by atoms with Crippen LogP contribution < -0.4 is 56.5 Å². The molecule has 0 aliphatic carbocycles. The second-order valence-corrected chi connectivity index (χ2v) is 3.53. The van der Waals surface area contributed by atoms with E-state index in [0.29, 0.717) is 12.0 Å². The maximum atomic E-state index is 10.8. The molecule has 0 aromatic heterocycles. The Bertz CT molecular complexity index is 339. The average molecular weight is 246 g/mol. The van der Waals surface area contributed by atoms with E-state index < -0.39 is 12.1 Å².